The zero-order chi connectivity index (χ0) is 19.0. The van der Waals surface area contributed by atoms with Gasteiger partial charge in [0.2, 0.25) is 5.91 Å². The van der Waals surface area contributed by atoms with Crippen molar-refractivity contribution < 1.29 is 4.79 Å². The lowest BCUT2D eigenvalue weighted by atomic mass is 10.1. The molecule has 5 heteroatoms. The van der Waals surface area contributed by atoms with E-state index in [1.54, 1.807) is 0 Å². The third kappa shape index (κ3) is 3.44. The summed E-state index contributed by atoms with van der Waals surface area (Å²) in [6.45, 7) is 7.42. The Balaban J connectivity index is 1.67. The first-order valence-corrected chi connectivity index (χ1v) is 9.96. The molecule has 1 saturated heterocycles. The van der Waals surface area contributed by atoms with E-state index in [0.29, 0.717) is 19.5 Å². The Morgan fingerprint density at radius 2 is 1.93 bits per heavy atom. The first kappa shape index (κ1) is 18.0. The molecule has 0 N–H and O–H groups in total. The zero-order valence-electron chi connectivity index (χ0n) is 15.3. The van der Waals surface area contributed by atoms with Crippen molar-refractivity contribution in [2.45, 2.75) is 31.8 Å². The standard InChI is InChI=1S/C22H22BrN3O/c1-15(23)13-26-20-11-7-6-10-19(20)24-22(26)18-12-21(27)25(14-18)16(2)17-8-4-3-5-9-17/h3-11,16,18H,1,12-14H2,2H3. The molecule has 138 valence electrons. The van der Waals surface area contributed by atoms with E-state index in [-0.39, 0.29) is 17.9 Å². The fraction of sp³-hybridized carbons (Fsp3) is 0.273. The number of benzene rings is 2. The van der Waals surface area contributed by atoms with Crippen molar-refractivity contribution in [3.63, 3.8) is 0 Å². The summed E-state index contributed by atoms with van der Waals surface area (Å²) < 4.78 is 3.08. The maximum atomic E-state index is 12.8. The summed E-state index contributed by atoms with van der Waals surface area (Å²) in [6.07, 6.45) is 0.495. The van der Waals surface area contributed by atoms with Crippen LogP contribution in [-0.4, -0.2) is 26.9 Å². The molecule has 27 heavy (non-hydrogen) atoms. The minimum Gasteiger partial charge on any atom is -0.335 e. The fourth-order valence-electron chi connectivity index (χ4n) is 3.93. The summed E-state index contributed by atoms with van der Waals surface area (Å²) in [6, 6.07) is 18.4. The maximum absolute atomic E-state index is 12.8. The molecule has 1 fully saturated rings. The van der Waals surface area contributed by atoms with Crippen molar-refractivity contribution >= 4 is 32.9 Å². The second-order valence-corrected chi connectivity index (χ2v) is 8.22. The highest BCUT2D eigenvalue weighted by molar-refractivity contribution is 9.11. The van der Waals surface area contributed by atoms with Gasteiger partial charge in [-0.15, -0.1) is 0 Å². The Morgan fingerprint density at radius 1 is 1.22 bits per heavy atom. The topological polar surface area (TPSA) is 38.1 Å². The lowest BCUT2D eigenvalue weighted by Gasteiger charge is -2.25. The predicted molar refractivity (Wildman–Crippen MR) is 112 cm³/mol. The number of carbonyl (C=O) groups excluding carboxylic acids is 1. The third-order valence-corrected chi connectivity index (χ3v) is 5.54. The molecule has 1 aliphatic rings. The molecule has 4 rings (SSSR count). The average Bonchev–Trinajstić information content (AvgIpc) is 3.22. The first-order valence-electron chi connectivity index (χ1n) is 9.17. The molecule has 3 aromatic rings. The Hall–Kier alpha value is -2.40. The van der Waals surface area contributed by atoms with Gasteiger partial charge in [-0.05, 0) is 24.6 Å². The van der Waals surface area contributed by atoms with Gasteiger partial charge in [0.15, 0.2) is 0 Å². The van der Waals surface area contributed by atoms with Crippen molar-refractivity contribution in [1.29, 1.82) is 0 Å². The Labute approximate surface area is 167 Å². The summed E-state index contributed by atoms with van der Waals surface area (Å²) in [4.78, 5) is 19.6. The van der Waals surface area contributed by atoms with Crippen LogP contribution in [0.5, 0.6) is 0 Å². The SMILES string of the molecule is C=C(Br)Cn1c(C2CC(=O)N(C(C)c3ccccc3)C2)nc2ccccc21. The highest BCUT2D eigenvalue weighted by atomic mass is 79.9. The number of halogens is 1. The van der Waals surface area contributed by atoms with Crippen LogP contribution in [0.1, 0.15) is 36.7 Å². The molecule has 1 aromatic heterocycles. The molecule has 0 radical (unpaired) electrons. The van der Waals surface area contributed by atoms with Gasteiger partial charge in [-0.2, -0.15) is 0 Å². The van der Waals surface area contributed by atoms with E-state index in [1.165, 1.54) is 0 Å². The molecule has 0 aliphatic carbocycles. The summed E-state index contributed by atoms with van der Waals surface area (Å²) in [5.41, 5.74) is 3.20. The van der Waals surface area contributed by atoms with Crippen molar-refractivity contribution in [3.8, 4) is 0 Å². The normalized spacial score (nSPS) is 18.2. The number of likely N-dealkylation sites (tertiary alicyclic amines) is 1. The number of rotatable bonds is 5. The summed E-state index contributed by atoms with van der Waals surface area (Å²) >= 11 is 3.48. The molecular formula is C22H22BrN3O. The van der Waals surface area contributed by atoms with Crippen LogP contribution in [-0.2, 0) is 11.3 Å². The van der Waals surface area contributed by atoms with E-state index >= 15 is 0 Å². The lowest BCUT2D eigenvalue weighted by Crippen LogP contribution is -2.28. The Morgan fingerprint density at radius 3 is 2.67 bits per heavy atom. The molecule has 2 heterocycles. The van der Waals surface area contributed by atoms with Crippen LogP contribution in [0.15, 0.2) is 65.7 Å². The number of hydrogen-bond donors (Lipinski definition) is 0. The number of hydrogen-bond acceptors (Lipinski definition) is 2. The van der Waals surface area contributed by atoms with Gasteiger partial charge in [0.05, 0.1) is 23.6 Å². The van der Waals surface area contributed by atoms with Gasteiger partial charge < -0.3 is 9.47 Å². The molecule has 2 unspecified atom stereocenters. The number of fused-ring (bicyclic) bond motifs is 1. The second-order valence-electron chi connectivity index (χ2n) is 7.10. The maximum Gasteiger partial charge on any atom is 0.223 e. The van der Waals surface area contributed by atoms with Crippen LogP contribution in [0.25, 0.3) is 11.0 Å². The van der Waals surface area contributed by atoms with Crippen LogP contribution >= 0.6 is 15.9 Å². The highest BCUT2D eigenvalue weighted by Crippen LogP contribution is 2.35. The van der Waals surface area contributed by atoms with Gasteiger partial charge in [-0.1, -0.05) is 65.0 Å². The molecule has 0 spiro atoms. The van der Waals surface area contributed by atoms with Gasteiger partial charge in [-0.25, -0.2) is 4.98 Å². The van der Waals surface area contributed by atoms with Crippen LogP contribution < -0.4 is 0 Å². The van der Waals surface area contributed by atoms with E-state index in [4.69, 9.17) is 4.98 Å². The fourth-order valence-corrected chi connectivity index (χ4v) is 4.18. The average molecular weight is 424 g/mol. The number of amides is 1. The van der Waals surface area contributed by atoms with E-state index in [0.717, 1.165) is 26.9 Å². The molecule has 2 aromatic carbocycles. The molecule has 0 saturated carbocycles. The quantitative estimate of drug-likeness (QED) is 0.577. The van der Waals surface area contributed by atoms with Gasteiger partial charge in [-0.3, -0.25) is 4.79 Å². The number of allylic oxidation sites excluding steroid dienone is 1. The molecular weight excluding hydrogens is 402 g/mol. The minimum absolute atomic E-state index is 0.0627. The van der Waals surface area contributed by atoms with Gasteiger partial charge in [0.25, 0.3) is 0 Å². The largest absolute Gasteiger partial charge is 0.335 e. The Kier molecular flexibility index (Phi) is 4.87. The van der Waals surface area contributed by atoms with Crippen molar-refractivity contribution in [1.82, 2.24) is 14.5 Å². The molecule has 2 atom stereocenters. The second kappa shape index (κ2) is 7.31. The van der Waals surface area contributed by atoms with E-state index in [2.05, 4.69) is 52.2 Å². The summed E-state index contributed by atoms with van der Waals surface area (Å²) in [7, 11) is 0. The number of carbonyl (C=O) groups is 1. The number of para-hydroxylation sites is 2. The van der Waals surface area contributed by atoms with Gasteiger partial charge in [0, 0.05) is 23.4 Å². The minimum atomic E-state index is 0.0627. The predicted octanol–water partition coefficient (Wildman–Crippen LogP) is 5.02. The number of nitrogens with zero attached hydrogens (tertiary/aromatic N) is 3. The van der Waals surface area contributed by atoms with Crippen LogP contribution in [0, 0.1) is 0 Å². The smallest absolute Gasteiger partial charge is 0.223 e. The van der Waals surface area contributed by atoms with Crippen LogP contribution in [0.3, 0.4) is 0 Å². The zero-order valence-corrected chi connectivity index (χ0v) is 16.9. The molecule has 0 bridgehead atoms. The monoisotopic (exact) mass is 423 g/mol. The van der Waals surface area contributed by atoms with E-state index < -0.39 is 0 Å². The summed E-state index contributed by atoms with van der Waals surface area (Å²) in [5, 5.41) is 0. The van der Waals surface area contributed by atoms with Crippen molar-refractivity contribution in [2.24, 2.45) is 0 Å². The highest BCUT2D eigenvalue weighted by Gasteiger charge is 2.36. The number of aromatic nitrogens is 2. The number of imidazole rings is 1. The van der Waals surface area contributed by atoms with Crippen LogP contribution in [0.4, 0.5) is 0 Å². The summed E-state index contributed by atoms with van der Waals surface area (Å²) in [5.74, 6) is 1.24. The first-order chi connectivity index (χ1) is 13.0. The van der Waals surface area contributed by atoms with Gasteiger partial charge >= 0.3 is 0 Å². The molecule has 1 amide bonds. The van der Waals surface area contributed by atoms with Crippen molar-refractivity contribution in [2.75, 3.05) is 6.54 Å². The lowest BCUT2D eigenvalue weighted by molar-refractivity contribution is -0.129. The van der Waals surface area contributed by atoms with E-state index in [9.17, 15) is 4.79 Å². The van der Waals surface area contributed by atoms with Crippen LogP contribution in [0.2, 0.25) is 0 Å². The van der Waals surface area contributed by atoms with Crippen molar-refractivity contribution in [3.05, 3.63) is 77.0 Å². The molecule has 1 aliphatic heterocycles. The molecule has 4 nitrogen and oxygen atoms in total. The Bertz CT molecular complexity index is 995. The third-order valence-electron chi connectivity index (χ3n) is 5.29. The van der Waals surface area contributed by atoms with Gasteiger partial charge in [0.1, 0.15) is 5.82 Å². The van der Waals surface area contributed by atoms with E-state index in [1.807, 2.05) is 41.3 Å².